The van der Waals surface area contributed by atoms with E-state index < -0.39 is 0 Å². The highest BCUT2D eigenvalue weighted by Crippen LogP contribution is 2.34. The number of rotatable bonds is 1. The zero-order valence-corrected chi connectivity index (χ0v) is 13.1. The highest BCUT2D eigenvalue weighted by Gasteiger charge is 2.23. The van der Waals surface area contributed by atoms with Crippen LogP contribution >= 0.6 is 11.6 Å². The van der Waals surface area contributed by atoms with Crippen LogP contribution in [0.2, 0.25) is 5.02 Å². The number of anilines is 1. The van der Waals surface area contributed by atoms with Crippen molar-refractivity contribution in [3.8, 4) is 11.4 Å². The molecule has 0 saturated carbocycles. The number of aromatic nitrogens is 2. The average molecular weight is 300 g/mol. The smallest absolute Gasteiger partial charge is 0.143 e. The molecule has 1 heterocycles. The Balaban J connectivity index is 2.39. The zero-order chi connectivity index (χ0) is 15.2. The third-order valence-corrected chi connectivity index (χ3v) is 3.72. The first-order chi connectivity index (χ1) is 9.88. The van der Waals surface area contributed by atoms with Gasteiger partial charge in [-0.25, -0.2) is 4.98 Å². The van der Waals surface area contributed by atoms with Crippen LogP contribution < -0.4 is 5.73 Å². The maximum atomic E-state index is 6.14. The molecule has 21 heavy (non-hydrogen) atoms. The fourth-order valence-electron chi connectivity index (χ4n) is 2.61. The van der Waals surface area contributed by atoms with Gasteiger partial charge in [-0.15, -0.1) is 0 Å². The quantitative estimate of drug-likeness (QED) is 0.662. The molecule has 3 nitrogen and oxygen atoms in total. The van der Waals surface area contributed by atoms with Crippen molar-refractivity contribution in [1.82, 2.24) is 9.55 Å². The van der Waals surface area contributed by atoms with Crippen LogP contribution in [0.5, 0.6) is 0 Å². The molecule has 0 radical (unpaired) electrons. The number of para-hydroxylation sites is 2. The Hall–Kier alpha value is -2.00. The van der Waals surface area contributed by atoms with Gasteiger partial charge in [-0.1, -0.05) is 23.7 Å². The normalized spacial score (nSPS) is 12.0. The van der Waals surface area contributed by atoms with Gasteiger partial charge in [-0.2, -0.15) is 0 Å². The molecule has 2 aromatic carbocycles. The lowest BCUT2D eigenvalue weighted by Gasteiger charge is -2.25. The molecule has 0 unspecified atom stereocenters. The summed E-state index contributed by atoms with van der Waals surface area (Å²) in [6.07, 6.45) is 0. The van der Waals surface area contributed by atoms with Gasteiger partial charge in [-0.05, 0) is 51.1 Å². The lowest BCUT2D eigenvalue weighted by molar-refractivity contribution is 0.413. The summed E-state index contributed by atoms with van der Waals surface area (Å²) in [7, 11) is 0. The maximum Gasteiger partial charge on any atom is 0.143 e. The van der Waals surface area contributed by atoms with Crippen LogP contribution in [0, 0.1) is 0 Å². The number of fused-ring (bicyclic) bond motifs is 1. The lowest BCUT2D eigenvalue weighted by Crippen LogP contribution is -2.22. The summed E-state index contributed by atoms with van der Waals surface area (Å²) < 4.78 is 2.21. The Morgan fingerprint density at radius 3 is 2.52 bits per heavy atom. The Morgan fingerprint density at radius 1 is 1.10 bits per heavy atom. The zero-order valence-electron chi connectivity index (χ0n) is 12.4. The molecule has 0 atom stereocenters. The number of hydrogen-bond donors (Lipinski definition) is 1. The number of imidazole rings is 1. The molecule has 0 saturated heterocycles. The SMILES string of the molecule is CC(C)(C)n1c(-c2cc(Cl)ccc2N)nc2ccccc21. The number of nitrogen functional groups attached to an aromatic ring is 1. The van der Waals surface area contributed by atoms with E-state index in [0.29, 0.717) is 10.7 Å². The second kappa shape index (κ2) is 4.78. The average Bonchev–Trinajstić information content (AvgIpc) is 2.80. The molecule has 3 aromatic rings. The van der Waals surface area contributed by atoms with E-state index in [9.17, 15) is 0 Å². The van der Waals surface area contributed by atoms with Gasteiger partial charge >= 0.3 is 0 Å². The number of nitrogens with zero attached hydrogens (tertiary/aromatic N) is 2. The van der Waals surface area contributed by atoms with Crippen LogP contribution in [0.25, 0.3) is 22.4 Å². The van der Waals surface area contributed by atoms with E-state index >= 15 is 0 Å². The first kappa shape index (κ1) is 14.0. The summed E-state index contributed by atoms with van der Waals surface area (Å²) in [4.78, 5) is 4.78. The van der Waals surface area contributed by atoms with Crippen LogP contribution in [-0.2, 0) is 5.54 Å². The van der Waals surface area contributed by atoms with Crippen molar-refractivity contribution in [3.05, 3.63) is 47.5 Å². The van der Waals surface area contributed by atoms with Gasteiger partial charge in [0.05, 0.1) is 11.0 Å². The van der Waals surface area contributed by atoms with Gasteiger partial charge in [0.15, 0.2) is 0 Å². The second-order valence-corrected chi connectivity index (χ2v) is 6.60. The molecule has 0 spiro atoms. The van der Waals surface area contributed by atoms with Crippen LogP contribution in [0.3, 0.4) is 0 Å². The number of benzene rings is 2. The van der Waals surface area contributed by atoms with Gasteiger partial charge in [-0.3, -0.25) is 0 Å². The van der Waals surface area contributed by atoms with E-state index in [-0.39, 0.29) is 5.54 Å². The standard InChI is InChI=1S/C17H18ClN3/c1-17(2,3)21-15-7-5-4-6-14(15)20-16(21)12-10-11(18)8-9-13(12)19/h4-10H,19H2,1-3H3. The minimum absolute atomic E-state index is 0.111. The molecule has 2 N–H and O–H groups in total. The minimum atomic E-state index is -0.111. The topological polar surface area (TPSA) is 43.8 Å². The highest BCUT2D eigenvalue weighted by molar-refractivity contribution is 6.31. The van der Waals surface area contributed by atoms with Gasteiger partial charge in [0.25, 0.3) is 0 Å². The van der Waals surface area contributed by atoms with E-state index in [0.717, 1.165) is 22.4 Å². The largest absolute Gasteiger partial charge is 0.398 e. The van der Waals surface area contributed by atoms with Crippen molar-refractivity contribution in [2.45, 2.75) is 26.3 Å². The Bertz CT molecular complexity index is 813. The number of hydrogen-bond acceptors (Lipinski definition) is 2. The summed E-state index contributed by atoms with van der Waals surface area (Å²) in [6.45, 7) is 6.47. The van der Waals surface area contributed by atoms with Gasteiger partial charge < -0.3 is 10.3 Å². The fourth-order valence-corrected chi connectivity index (χ4v) is 2.78. The van der Waals surface area contributed by atoms with Crippen molar-refractivity contribution in [2.24, 2.45) is 0 Å². The van der Waals surface area contributed by atoms with E-state index in [2.05, 4.69) is 31.4 Å². The summed E-state index contributed by atoms with van der Waals surface area (Å²) in [5.41, 5.74) is 9.64. The van der Waals surface area contributed by atoms with E-state index in [4.69, 9.17) is 22.3 Å². The third kappa shape index (κ3) is 2.38. The van der Waals surface area contributed by atoms with Crippen molar-refractivity contribution < 1.29 is 0 Å². The summed E-state index contributed by atoms with van der Waals surface area (Å²) in [6, 6.07) is 13.6. The van der Waals surface area contributed by atoms with Gasteiger partial charge in [0, 0.05) is 21.8 Å². The van der Waals surface area contributed by atoms with Gasteiger partial charge in [0.1, 0.15) is 5.82 Å². The molecule has 4 heteroatoms. The van der Waals surface area contributed by atoms with Crippen molar-refractivity contribution in [1.29, 1.82) is 0 Å². The molecule has 0 amide bonds. The van der Waals surface area contributed by atoms with E-state index in [1.807, 2.05) is 30.3 Å². The molecular weight excluding hydrogens is 282 g/mol. The molecule has 0 fully saturated rings. The minimum Gasteiger partial charge on any atom is -0.398 e. The van der Waals surface area contributed by atoms with E-state index in [1.165, 1.54) is 0 Å². The molecule has 0 aliphatic carbocycles. The molecular formula is C17H18ClN3. The van der Waals surface area contributed by atoms with Crippen molar-refractivity contribution in [2.75, 3.05) is 5.73 Å². The molecule has 0 bridgehead atoms. The summed E-state index contributed by atoms with van der Waals surface area (Å²) in [5.74, 6) is 0.851. The summed E-state index contributed by atoms with van der Waals surface area (Å²) >= 11 is 6.14. The second-order valence-electron chi connectivity index (χ2n) is 6.16. The molecule has 0 aliphatic rings. The highest BCUT2D eigenvalue weighted by atomic mass is 35.5. The van der Waals surface area contributed by atoms with Crippen LogP contribution in [0.1, 0.15) is 20.8 Å². The van der Waals surface area contributed by atoms with Crippen molar-refractivity contribution in [3.63, 3.8) is 0 Å². The number of nitrogens with two attached hydrogens (primary N) is 1. The molecule has 0 aliphatic heterocycles. The van der Waals surface area contributed by atoms with E-state index in [1.54, 1.807) is 6.07 Å². The first-order valence-corrected chi connectivity index (χ1v) is 7.29. The van der Waals surface area contributed by atoms with Crippen LogP contribution in [0.15, 0.2) is 42.5 Å². The maximum absolute atomic E-state index is 6.14. The Labute approximate surface area is 129 Å². The lowest BCUT2D eigenvalue weighted by atomic mass is 10.1. The van der Waals surface area contributed by atoms with Crippen molar-refractivity contribution >= 4 is 28.3 Å². The molecule has 1 aromatic heterocycles. The first-order valence-electron chi connectivity index (χ1n) is 6.91. The molecule has 3 rings (SSSR count). The molecule has 108 valence electrons. The number of halogens is 1. The van der Waals surface area contributed by atoms with Crippen LogP contribution in [-0.4, -0.2) is 9.55 Å². The third-order valence-electron chi connectivity index (χ3n) is 3.49. The monoisotopic (exact) mass is 299 g/mol. The fraction of sp³-hybridized carbons (Fsp3) is 0.235. The Morgan fingerprint density at radius 2 is 1.81 bits per heavy atom. The van der Waals surface area contributed by atoms with Gasteiger partial charge in [0.2, 0.25) is 0 Å². The predicted octanol–water partition coefficient (Wildman–Crippen LogP) is 4.69. The predicted molar refractivity (Wildman–Crippen MR) is 89.6 cm³/mol. The van der Waals surface area contributed by atoms with Crippen LogP contribution in [0.4, 0.5) is 5.69 Å². The Kier molecular flexibility index (Phi) is 3.18. The summed E-state index contributed by atoms with van der Waals surface area (Å²) in [5, 5.41) is 0.659.